The predicted octanol–water partition coefficient (Wildman–Crippen LogP) is 0.622. The fourth-order valence-electron chi connectivity index (χ4n) is 0.915. The van der Waals surface area contributed by atoms with Crippen LogP contribution in [0.3, 0.4) is 0 Å². The molecule has 0 bridgehead atoms. The first-order valence-corrected chi connectivity index (χ1v) is 4.74. The van der Waals surface area contributed by atoms with Crippen LogP contribution in [0.1, 0.15) is 15.6 Å². The highest BCUT2D eigenvalue weighted by Crippen LogP contribution is 2.17. The zero-order valence-corrected chi connectivity index (χ0v) is 8.19. The lowest BCUT2D eigenvalue weighted by molar-refractivity contribution is 0.265. The summed E-state index contributed by atoms with van der Waals surface area (Å²) in [6.07, 6.45) is 0.676. The summed E-state index contributed by atoms with van der Waals surface area (Å²) in [4.78, 5) is 5.56. The third-order valence-corrected chi connectivity index (χ3v) is 2.84. The summed E-state index contributed by atoms with van der Waals surface area (Å²) >= 11 is 1.66. The van der Waals surface area contributed by atoms with Gasteiger partial charge in [-0.2, -0.15) is 0 Å². The van der Waals surface area contributed by atoms with Crippen molar-refractivity contribution in [1.29, 1.82) is 0 Å². The van der Waals surface area contributed by atoms with E-state index in [1.807, 2.05) is 13.8 Å². The number of aliphatic hydroxyl groups excluding tert-OH is 1. The van der Waals surface area contributed by atoms with Crippen molar-refractivity contribution in [3.8, 4) is 0 Å². The highest BCUT2D eigenvalue weighted by atomic mass is 32.1. The van der Waals surface area contributed by atoms with E-state index in [9.17, 15) is 0 Å². The van der Waals surface area contributed by atoms with Gasteiger partial charge in [0.05, 0.1) is 17.3 Å². The summed E-state index contributed by atoms with van der Waals surface area (Å²) in [7, 11) is 0. The van der Waals surface area contributed by atoms with E-state index < -0.39 is 0 Å². The van der Waals surface area contributed by atoms with Crippen molar-refractivity contribution in [2.75, 3.05) is 6.61 Å². The SMILES string of the molecule is Cc1nc(CC(N)CO)sc1C. The Hall–Kier alpha value is -0.450. The second-order valence-corrected chi connectivity index (χ2v) is 4.18. The largest absolute Gasteiger partial charge is 0.395 e. The summed E-state index contributed by atoms with van der Waals surface area (Å²) in [6, 6.07) is -0.171. The Kier molecular flexibility index (Phi) is 3.20. The summed E-state index contributed by atoms with van der Waals surface area (Å²) in [5.41, 5.74) is 6.65. The number of hydrogen-bond donors (Lipinski definition) is 2. The minimum absolute atomic E-state index is 0.0255. The molecule has 1 atom stereocenters. The lowest BCUT2D eigenvalue weighted by Gasteiger charge is -2.03. The molecule has 0 aromatic carbocycles. The van der Waals surface area contributed by atoms with Crippen molar-refractivity contribution in [2.45, 2.75) is 26.3 Å². The van der Waals surface area contributed by atoms with Gasteiger partial charge in [0.1, 0.15) is 0 Å². The zero-order valence-electron chi connectivity index (χ0n) is 7.37. The molecule has 0 aliphatic carbocycles. The summed E-state index contributed by atoms with van der Waals surface area (Å²) in [6.45, 7) is 4.05. The molecule has 0 fully saturated rings. The van der Waals surface area contributed by atoms with Gasteiger partial charge >= 0.3 is 0 Å². The fraction of sp³-hybridized carbons (Fsp3) is 0.625. The first kappa shape index (κ1) is 9.64. The number of aromatic nitrogens is 1. The van der Waals surface area contributed by atoms with E-state index in [0.717, 1.165) is 10.7 Å². The maximum absolute atomic E-state index is 8.72. The molecule has 3 nitrogen and oxygen atoms in total. The van der Waals surface area contributed by atoms with Crippen LogP contribution in [0.25, 0.3) is 0 Å². The van der Waals surface area contributed by atoms with Crippen LogP contribution in [0.2, 0.25) is 0 Å². The number of aliphatic hydroxyl groups is 1. The normalized spacial score (nSPS) is 13.3. The molecule has 68 valence electrons. The van der Waals surface area contributed by atoms with Crippen LogP contribution in [-0.2, 0) is 6.42 Å². The topological polar surface area (TPSA) is 59.1 Å². The van der Waals surface area contributed by atoms with E-state index in [4.69, 9.17) is 10.8 Å². The number of nitrogens with zero attached hydrogens (tertiary/aromatic N) is 1. The fourth-order valence-corrected chi connectivity index (χ4v) is 1.94. The molecule has 1 aromatic heterocycles. The van der Waals surface area contributed by atoms with Gasteiger partial charge in [0.25, 0.3) is 0 Å². The van der Waals surface area contributed by atoms with Gasteiger partial charge in [-0.15, -0.1) is 11.3 Å². The number of aryl methyl sites for hydroxylation is 2. The third kappa shape index (κ3) is 2.27. The molecule has 0 radical (unpaired) electrons. The molecular formula is C8H14N2OS. The Morgan fingerprint density at radius 1 is 1.58 bits per heavy atom. The minimum atomic E-state index is -0.171. The van der Waals surface area contributed by atoms with E-state index in [-0.39, 0.29) is 12.6 Å². The van der Waals surface area contributed by atoms with E-state index in [2.05, 4.69) is 4.98 Å². The Morgan fingerprint density at radius 3 is 2.67 bits per heavy atom. The van der Waals surface area contributed by atoms with E-state index in [0.29, 0.717) is 6.42 Å². The molecule has 1 aromatic rings. The molecule has 0 amide bonds. The lowest BCUT2D eigenvalue weighted by Crippen LogP contribution is -2.26. The van der Waals surface area contributed by atoms with E-state index in [1.54, 1.807) is 11.3 Å². The smallest absolute Gasteiger partial charge is 0.0947 e. The monoisotopic (exact) mass is 186 g/mol. The quantitative estimate of drug-likeness (QED) is 0.727. The molecule has 0 aliphatic heterocycles. The molecule has 1 rings (SSSR count). The predicted molar refractivity (Wildman–Crippen MR) is 50.4 cm³/mol. The molecule has 0 saturated heterocycles. The number of rotatable bonds is 3. The van der Waals surface area contributed by atoms with Crippen LogP contribution in [0.5, 0.6) is 0 Å². The van der Waals surface area contributed by atoms with Crippen LogP contribution in [0.15, 0.2) is 0 Å². The van der Waals surface area contributed by atoms with Crippen LogP contribution < -0.4 is 5.73 Å². The van der Waals surface area contributed by atoms with Gasteiger partial charge < -0.3 is 10.8 Å². The van der Waals surface area contributed by atoms with Gasteiger partial charge in [0.2, 0.25) is 0 Å². The maximum atomic E-state index is 8.72. The van der Waals surface area contributed by atoms with Crippen molar-refractivity contribution >= 4 is 11.3 Å². The van der Waals surface area contributed by atoms with Crippen molar-refractivity contribution < 1.29 is 5.11 Å². The average Bonchev–Trinajstić information content (AvgIpc) is 2.31. The lowest BCUT2D eigenvalue weighted by atomic mass is 10.2. The summed E-state index contributed by atoms with van der Waals surface area (Å²) in [5.74, 6) is 0. The van der Waals surface area contributed by atoms with Gasteiger partial charge in [-0.1, -0.05) is 0 Å². The van der Waals surface area contributed by atoms with Crippen molar-refractivity contribution in [1.82, 2.24) is 4.98 Å². The van der Waals surface area contributed by atoms with Crippen LogP contribution >= 0.6 is 11.3 Å². The highest BCUT2D eigenvalue weighted by molar-refractivity contribution is 7.11. The van der Waals surface area contributed by atoms with E-state index in [1.165, 1.54) is 4.88 Å². The number of nitrogens with two attached hydrogens (primary N) is 1. The molecule has 3 N–H and O–H groups in total. The number of hydrogen-bond acceptors (Lipinski definition) is 4. The zero-order chi connectivity index (χ0) is 9.14. The molecule has 4 heteroatoms. The van der Waals surface area contributed by atoms with Gasteiger partial charge in [-0.25, -0.2) is 4.98 Å². The summed E-state index contributed by atoms with van der Waals surface area (Å²) < 4.78 is 0. The molecule has 0 aliphatic rings. The third-order valence-electron chi connectivity index (χ3n) is 1.74. The second-order valence-electron chi connectivity index (χ2n) is 2.90. The molecule has 0 spiro atoms. The molecule has 12 heavy (non-hydrogen) atoms. The minimum Gasteiger partial charge on any atom is -0.395 e. The molecule has 1 unspecified atom stereocenters. The number of thiazole rings is 1. The van der Waals surface area contributed by atoms with Crippen molar-refractivity contribution in [3.63, 3.8) is 0 Å². The van der Waals surface area contributed by atoms with Crippen LogP contribution in [0.4, 0.5) is 0 Å². The molecule has 0 saturated carbocycles. The highest BCUT2D eigenvalue weighted by Gasteiger charge is 2.07. The molecular weight excluding hydrogens is 172 g/mol. The van der Waals surface area contributed by atoms with Gasteiger partial charge in [-0.3, -0.25) is 0 Å². The van der Waals surface area contributed by atoms with Crippen molar-refractivity contribution in [2.24, 2.45) is 5.73 Å². The Labute approximate surface area is 76.3 Å². The van der Waals surface area contributed by atoms with Crippen LogP contribution in [0, 0.1) is 13.8 Å². The first-order chi connectivity index (χ1) is 5.63. The first-order valence-electron chi connectivity index (χ1n) is 3.93. The van der Waals surface area contributed by atoms with Crippen molar-refractivity contribution in [3.05, 3.63) is 15.6 Å². The summed E-state index contributed by atoms with van der Waals surface area (Å²) in [5, 5.41) is 9.74. The Balaban J connectivity index is 2.64. The Bertz CT molecular complexity index is 240. The van der Waals surface area contributed by atoms with Gasteiger partial charge in [0.15, 0.2) is 0 Å². The van der Waals surface area contributed by atoms with Gasteiger partial charge in [-0.05, 0) is 13.8 Å². The average molecular weight is 186 g/mol. The second kappa shape index (κ2) is 3.98. The van der Waals surface area contributed by atoms with E-state index >= 15 is 0 Å². The Morgan fingerprint density at radius 2 is 2.25 bits per heavy atom. The van der Waals surface area contributed by atoms with Crippen LogP contribution in [-0.4, -0.2) is 22.7 Å². The molecule has 1 heterocycles. The standard InChI is InChI=1S/C8H14N2OS/c1-5-6(2)12-8(10-5)3-7(9)4-11/h7,11H,3-4,9H2,1-2H3. The maximum Gasteiger partial charge on any atom is 0.0947 e. The van der Waals surface area contributed by atoms with Gasteiger partial charge in [0, 0.05) is 17.3 Å².